The zero-order chi connectivity index (χ0) is 13.1. The van der Waals surface area contributed by atoms with Gasteiger partial charge >= 0.3 is 5.97 Å². The second-order valence-corrected chi connectivity index (χ2v) is 5.63. The fourth-order valence-corrected chi connectivity index (χ4v) is 1.66. The van der Waals surface area contributed by atoms with Crippen molar-refractivity contribution in [3.8, 4) is 0 Å². The molecule has 0 saturated carbocycles. The molecule has 1 aromatic heterocycles. The van der Waals surface area contributed by atoms with Crippen LogP contribution in [0.25, 0.3) is 0 Å². The Morgan fingerprint density at radius 1 is 1.41 bits per heavy atom. The van der Waals surface area contributed by atoms with Gasteiger partial charge in [-0.2, -0.15) is 0 Å². The lowest BCUT2D eigenvalue weighted by Gasteiger charge is -2.19. The highest BCUT2D eigenvalue weighted by Gasteiger charge is 2.15. The van der Waals surface area contributed by atoms with Crippen LogP contribution in [0.1, 0.15) is 27.2 Å². The van der Waals surface area contributed by atoms with Crippen molar-refractivity contribution in [2.75, 3.05) is 0 Å². The van der Waals surface area contributed by atoms with Crippen LogP contribution in [0.15, 0.2) is 27.6 Å². The summed E-state index contributed by atoms with van der Waals surface area (Å²) in [5.41, 5.74) is -0.615. The van der Waals surface area contributed by atoms with Crippen LogP contribution in [0.3, 0.4) is 0 Å². The standard InChI is InChI=1S/C12H16BrNO3/c1-12(2,3)17-11(16)6-7-14-8-9(13)4-5-10(14)15/h4-5,8H,6-7H2,1-3H3. The Labute approximate surface area is 109 Å². The first kappa shape index (κ1) is 14.0. The van der Waals surface area contributed by atoms with Crippen LogP contribution in [0.4, 0.5) is 0 Å². The van der Waals surface area contributed by atoms with Crippen molar-refractivity contribution in [1.29, 1.82) is 0 Å². The van der Waals surface area contributed by atoms with Gasteiger partial charge in [-0.05, 0) is 42.8 Å². The molecule has 94 valence electrons. The summed E-state index contributed by atoms with van der Waals surface area (Å²) in [6.45, 7) is 5.77. The third-order valence-electron chi connectivity index (χ3n) is 1.92. The Kier molecular flexibility index (Phi) is 4.51. The third-order valence-corrected chi connectivity index (χ3v) is 2.39. The van der Waals surface area contributed by atoms with Gasteiger partial charge in [0.15, 0.2) is 0 Å². The molecule has 17 heavy (non-hydrogen) atoms. The van der Waals surface area contributed by atoms with Gasteiger partial charge in [0.1, 0.15) is 5.60 Å². The smallest absolute Gasteiger partial charge is 0.308 e. The molecule has 1 aromatic rings. The lowest BCUT2D eigenvalue weighted by molar-refractivity contribution is -0.155. The van der Waals surface area contributed by atoms with Gasteiger partial charge in [0, 0.05) is 23.3 Å². The molecule has 0 radical (unpaired) electrons. The molecule has 0 atom stereocenters. The Hall–Kier alpha value is -1.10. The number of carbonyl (C=O) groups is 1. The second kappa shape index (κ2) is 5.49. The Balaban J connectivity index is 2.59. The zero-order valence-corrected chi connectivity index (χ0v) is 11.8. The maximum atomic E-state index is 11.5. The summed E-state index contributed by atoms with van der Waals surface area (Å²) in [7, 11) is 0. The summed E-state index contributed by atoms with van der Waals surface area (Å²) < 4.78 is 7.45. The molecule has 0 aliphatic heterocycles. The lowest BCUT2D eigenvalue weighted by Crippen LogP contribution is -2.26. The van der Waals surface area contributed by atoms with Gasteiger partial charge in [-0.15, -0.1) is 0 Å². The topological polar surface area (TPSA) is 48.3 Å². The van der Waals surface area contributed by atoms with Crippen molar-refractivity contribution in [1.82, 2.24) is 4.57 Å². The van der Waals surface area contributed by atoms with Gasteiger partial charge in [-0.1, -0.05) is 0 Å². The Bertz CT molecular complexity index is 460. The molecular weight excluding hydrogens is 286 g/mol. The minimum absolute atomic E-state index is 0.128. The summed E-state index contributed by atoms with van der Waals surface area (Å²) in [6, 6.07) is 3.13. The molecule has 4 nitrogen and oxygen atoms in total. The maximum absolute atomic E-state index is 11.5. The molecule has 0 aromatic carbocycles. The monoisotopic (exact) mass is 301 g/mol. The van der Waals surface area contributed by atoms with E-state index in [0.29, 0.717) is 6.54 Å². The molecule has 1 rings (SSSR count). The van der Waals surface area contributed by atoms with E-state index in [0.717, 1.165) is 4.47 Å². The summed E-state index contributed by atoms with van der Waals surface area (Å²) in [5, 5.41) is 0. The van der Waals surface area contributed by atoms with E-state index in [1.807, 2.05) is 20.8 Å². The van der Waals surface area contributed by atoms with Crippen molar-refractivity contribution < 1.29 is 9.53 Å². The van der Waals surface area contributed by atoms with Crippen molar-refractivity contribution in [2.24, 2.45) is 0 Å². The molecule has 5 heteroatoms. The number of hydrogen-bond acceptors (Lipinski definition) is 3. The number of nitrogens with zero attached hydrogens (tertiary/aromatic N) is 1. The quantitative estimate of drug-likeness (QED) is 0.805. The number of ether oxygens (including phenoxy) is 1. The average molecular weight is 302 g/mol. The molecule has 0 saturated heterocycles. The number of pyridine rings is 1. The third kappa shape index (κ3) is 5.17. The van der Waals surface area contributed by atoms with E-state index < -0.39 is 5.60 Å². The SMILES string of the molecule is CC(C)(C)OC(=O)CCn1cc(Br)ccc1=O. The van der Waals surface area contributed by atoms with Crippen LogP contribution in [0.2, 0.25) is 0 Å². The molecule has 0 unspecified atom stereocenters. The molecular formula is C12H16BrNO3. The minimum atomic E-state index is -0.487. The van der Waals surface area contributed by atoms with Crippen LogP contribution in [-0.4, -0.2) is 16.1 Å². The molecule has 1 heterocycles. The van der Waals surface area contributed by atoms with Crippen LogP contribution in [-0.2, 0) is 16.1 Å². The summed E-state index contributed by atoms with van der Waals surface area (Å²) >= 11 is 3.28. The number of esters is 1. The summed E-state index contributed by atoms with van der Waals surface area (Å²) in [4.78, 5) is 22.9. The van der Waals surface area contributed by atoms with E-state index in [1.165, 1.54) is 10.6 Å². The van der Waals surface area contributed by atoms with Gasteiger partial charge in [0.2, 0.25) is 0 Å². The van der Waals surface area contributed by atoms with Gasteiger partial charge in [0.05, 0.1) is 6.42 Å². The molecule has 0 aliphatic carbocycles. The molecule has 0 N–H and O–H groups in total. The van der Waals surface area contributed by atoms with Crippen molar-refractivity contribution in [3.63, 3.8) is 0 Å². The fourth-order valence-electron chi connectivity index (χ4n) is 1.28. The molecule has 0 amide bonds. The predicted octanol–water partition coefficient (Wildman–Crippen LogP) is 2.34. The number of carbonyl (C=O) groups excluding carboxylic acids is 1. The zero-order valence-electron chi connectivity index (χ0n) is 10.2. The van der Waals surface area contributed by atoms with E-state index in [2.05, 4.69) is 15.9 Å². The normalized spacial score (nSPS) is 11.3. The highest BCUT2D eigenvalue weighted by molar-refractivity contribution is 9.10. The van der Waals surface area contributed by atoms with E-state index in [-0.39, 0.29) is 17.9 Å². The number of aryl methyl sites for hydroxylation is 1. The van der Waals surface area contributed by atoms with Crippen LogP contribution < -0.4 is 5.56 Å². The van der Waals surface area contributed by atoms with Crippen molar-refractivity contribution >= 4 is 21.9 Å². The Morgan fingerprint density at radius 3 is 2.65 bits per heavy atom. The van der Waals surface area contributed by atoms with Crippen LogP contribution in [0, 0.1) is 0 Å². The van der Waals surface area contributed by atoms with Crippen molar-refractivity contribution in [3.05, 3.63) is 33.2 Å². The number of hydrogen-bond donors (Lipinski definition) is 0. The number of rotatable bonds is 3. The van der Waals surface area contributed by atoms with E-state index in [1.54, 1.807) is 12.3 Å². The largest absolute Gasteiger partial charge is 0.460 e. The Morgan fingerprint density at radius 2 is 2.06 bits per heavy atom. The van der Waals surface area contributed by atoms with Crippen LogP contribution >= 0.6 is 15.9 Å². The van der Waals surface area contributed by atoms with Gasteiger partial charge < -0.3 is 9.30 Å². The second-order valence-electron chi connectivity index (χ2n) is 4.72. The molecule has 0 spiro atoms. The van der Waals surface area contributed by atoms with Gasteiger partial charge in [-0.25, -0.2) is 0 Å². The van der Waals surface area contributed by atoms with Gasteiger partial charge in [-0.3, -0.25) is 9.59 Å². The van der Waals surface area contributed by atoms with E-state index >= 15 is 0 Å². The lowest BCUT2D eigenvalue weighted by atomic mass is 10.2. The highest BCUT2D eigenvalue weighted by Crippen LogP contribution is 2.09. The van der Waals surface area contributed by atoms with Crippen LogP contribution in [0.5, 0.6) is 0 Å². The number of aromatic nitrogens is 1. The first-order valence-corrected chi connectivity index (χ1v) is 6.15. The summed E-state index contributed by atoms with van der Waals surface area (Å²) in [6.07, 6.45) is 1.85. The molecule has 0 fully saturated rings. The van der Waals surface area contributed by atoms with E-state index in [4.69, 9.17) is 4.74 Å². The maximum Gasteiger partial charge on any atom is 0.308 e. The first-order chi connectivity index (χ1) is 7.78. The minimum Gasteiger partial charge on any atom is -0.460 e. The first-order valence-electron chi connectivity index (χ1n) is 5.36. The fraction of sp³-hybridized carbons (Fsp3) is 0.500. The molecule has 0 aliphatic rings. The van der Waals surface area contributed by atoms with Gasteiger partial charge in [0.25, 0.3) is 5.56 Å². The predicted molar refractivity (Wildman–Crippen MR) is 68.9 cm³/mol. The van der Waals surface area contributed by atoms with E-state index in [9.17, 15) is 9.59 Å². The van der Waals surface area contributed by atoms with Crippen molar-refractivity contribution in [2.45, 2.75) is 39.3 Å². The summed E-state index contributed by atoms with van der Waals surface area (Å²) in [5.74, 6) is -0.302. The molecule has 0 bridgehead atoms. The number of halogens is 1. The highest BCUT2D eigenvalue weighted by atomic mass is 79.9. The average Bonchev–Trinajstić information content (AvgIpc) is 2.17.